The van der Waals surface area contributed by atoms with Gasteiger partial charge in [0.15, 0.2) is 0 Å². The van der Waals surface area contributed by atoms with Crippen molar-refractivity contribution in [2.75, 3.05) is 19.1 Å². The molecule has 0 saturated heterocycles. The second-order valence-corrected chi connectivity index (χ2v) is 2.78. The van der Waals surface area contributed by atoms with Crippen LogP contribution in [0.2, 0.25) is 0 Å². The van der Waals surface area contributed by atoms with Gasteiger partial charge in [0, 0.05) is 12.5 Å². The molecule has 0 spiro atoms. The van der Waals surface area contributed by atoms with Crippen LogP contribution in [-0.2, 0) is 4.74 Å². The quantitative estimate of drug-likeness (QED) is 0.549. The molecule has 62 valence electrons. The highest BCUT2D eigenvalue weighted by atomic mass is 35.5. The molecule has 0 aliphatic carbocycles. The first-order chi connectivity index (χ1) is 4.85. The summed E-state index contributed by atoms with van der Waals surface area (Å²) in [5.74, 6) is 1.29. The summed E-state index contributed by atoms with van der Waals surface area (Å²) in [7, 11) is 0. The van der Waals surface area contributed by atoms with Crippen LogP contribution in [0, 0.1) is 5.92 Å². The van der Waals surface area contributed by atoms with Crippen molar-refractivity contribution in [2.45, 2.75) is 26.7 Å². The first-order valence-corrected chi connectivity index (χ1v) is 4.52. The van der Waals surface area contributed by atoms with Gasteiger partial charge in [-0.1, -0.05) is 13.3 Å². The molecule has 0 rings (SSSR count). The van der Waals surface area contributed by atoms with Crippen molar-refractivity contribution in [3.63, 3.8) is 0 Å². The lowest BCUT2D eigenvalue weighted by molar-refractivity contribution is 0.114. The summed E-state index contributed by atoms with van der Waals surface area (Å²) in [5, 5.41) is 0. The van der Waals surface area contributed by atoms with Crippen molar-refractivity contribution in [2.24, 2.45) is 5.92 Å². The van der Waals surface area contributed by atoms with Gasteiger partial charge in [0.25, 0.3) is 0 Å². The molecule has 0 aromatic rings. The Morgan fingerprint density at radius 1 is 1.40 bits per heavy atom. The predicted molar refractivity (Wildman–Crippen MR) is 45.6 cm³/mol. The highest BCUT2D eigenvalue weighted by molar-refractivity contribution is 6.18. The first kappa shape index (κ1) is 10.2. The van der Waals surface area contributed by atoms with E-state index in [-0.39, 0.29) is 0 Å². The number of rotatable bonds is 6. The zero-order valence-corrected chi connectivity index (χ0v) is 7.66. The van der Waals surface area contributed by atoms with Crippen molar-refractivity contribution in [3.05, 3.63) is 0 Å². The minimum Gasteiger partial charge on any atom is -0.381 e. The number of hydrogen-bond donors (Lipinski definition) is 0. The van der Waals surface area contributed by atoms with Gasteiger partial charge in [-0.15, -0.1) is 11.6 Å². The minimum absolute atomic E-state index is 0.562. The van der Waals surface area contributed by atoms with E-state index in [0.29, 0.717) is 5.92 Å². The van der Waals surface area contributed by atoms with Crippen LogP contribution in [0.3, 0.4) is 0 Å². The fourth-order valence-corrected chi connectivity index (χ4v) is 1.14. The molecule has 1 nitrogen and oxygen atoms in total. The lowest BCUT2D eigenvalue weighted by Gasteiger charge is -2.11. The van der Waals surface area contributed by atoms with Crippen molar-refractivity contribution in [1.82, 2.24) is 0 Å². The molecule has 10 heavy (non-hydrogen) atoms. The zero-order chi connectivity index (χ0) is 7.82. The molecule has 2 heteroatoms. The molecule has 0 bridgehead atoms. The smallest absolute Gasteiger partial charge is 0.0505 e. The second kappa shape index (κ2) is 7.36. The molecule has 0 saturated carbocycles. The van der Waals surface area contributed by atoms with Crippen LogP contribution in [0.4, 0.5) is 0 Å². The monoisotopic (exact) mass is 164 g/mol. The largest absolute Gasteiger partial charge is 0.381 e. The summed E-state index contributed by atoms with van der Waals surface area (Å²) in [6.07, 6.45) is 2.38. The van der Waals surface area contributed by atoms with Gasteiger partial charge >= 0.3 is 0 Å². The Kier molecular flexibility index (Phi) is 7.54. The van der Waals surface area contributed by atoms with E-state index in [0.717, 1.165) is 19.1 Å². The van der Waals surface area contributed by atoms with Gasteiger partial charge in [0.1, 0.15) is 0 Å². The number of alkyl halides is 1. The molecular weight excluding hydrogens is 148 g/mol. The Balaban J connectivity index is 3.21. The van der Waals surface area contributed by atoms with E-state index >= 15 is 0 Å². The standard InChI is InChI=1S/C8H17ClO/c1-3-5-8(6-9)7-10-4-2/h8H,3-7H2,1-2H3. The Labute approximate surface area is 68.7 Å². The number of halogens is 1. The van der Waals surface area contributed by atoms with Crippen LogP contribution in [0.15, 0.2) is 0 Å². The van der Waals surface area contributed by atoms with Crippen molar-refractivity contribution >= 4 is 11.6 Å². The Morgan fingerprint density at radius 3 is 2.50 bits per heavy atom. The van der Waals surface area contributed by atoms with E-state index < -0.39 is 0 Å². The minimum atomic E-state index is 0.562. The maximum absolute atomic E-state index is 5.70. The van der Waals surface area contributed by atoms with Crippen LogP contribution in [0.1, 0.15) is 26.7 Å². The highest BCUT2D eigenvalue weighted by Crippen LogP contribution is 2.08. The highest BCUT2D eigenvalue weighted by Gasteiger charge is 2.04. The summed E-state index contributed by atoms with van der Waals surface area (Å²) in [5.41, 5.74) is 0. The molecule has 0 N–H and O–H groups in total. The van der Waals surface area contributed by atoms with Crippen LogP contribution in [0.25, 0.3) is 0 Å². The molecule has 1 unspecified atom stereocenters. The summed E-state index contributed by atoms with van der Waals surface area (Å²) >= 11 is 5.70. The first-order valence-electron chi connectivity index (χ1n) is 3.98. The fourth-order valence-electron chi connectivity index (χ4n) is 0.898. The molecule has 0 amide bonds. The van der Waals surface area contributed by atoms with Gasteiger partial charge in [-0.05, 0) is 19.3 Å². The van der Waals surface area contributed by atoms with Gasteiger partial charge in [-0.25, -0.2) is 0 Å². The van der Waals surface area contributed by atoms with Crippen molar-refractivity contribution in [3.8, 4) is 0 Å². The third-order valence-corrected chi connectivity index (χ3v) is 1.91. The Bertz CT molecular complexity index is 66.3. The summed E-state index contributed by atoms with van der Waals surface area (Å²) < 4.78 is 5.25. The average molecular weight is 165 g/mol. The predicted octanol–water partition coefficient (Wildman–Crippen LogP) is 2.68. The molecule has 0 radical (unpaired) electrons. The van der Waals surface area contributed by atoms with E-state index in [1.54, 1.807) is 0 Å². The Hall–Kier alpha value is 0.250. The molecule has 0 aromatic heterocycles. The third kappa shape index (κ3) is 5.07. The van der Waals surface area contributed by atoms with E-state index in [1.165, 1.54) is 12.8 Å². The van der Waals surface area contributed by atoms with E-state index in [1.807, 2.05) is 6.92 Å². The fraction of sp³-hybridized carbons (Fsp3) is 1.00. The normalized spacial score (nSPS) is 13.5. The molecule has 0 fully saturated rings. The third-order valence-electron chi connectivity index (χ3n) is 1.47. The summed E-state index contributed by atoms with van der Waals surface area (Å²) in [4.78, 5) is 0. The van der Waals surface area contributed by atoms with Gasteiger partial charge < -0.3 is 4.74 Å². The van der Waals surface area contributed by atoms with Gasteiger partial charge in [0.2, 0.25) is 0 Å². The molecule has 0 aliphatic heterocycles. The number of ether oxygens (including phenoxy) is 1. The molecule has 0 aromatic carbocycles. The van der Waals surface area contributed by atoms with E-state index in [4.69, 9.17) is 16.3 Å². The average Bonchev–Trinajstić information content (AvgIpc) is 1.98. The summed E-state index contributed by atoms with van der Waals surface area (Å²) in [6.45, 7) is 5.81. The zero-order valence-electron chi connectivity index (χ0n) is 6.90. The molecular formula is C8H17ClO. The van der Waals surface area contributed by atoms with Crippen molar-refractivity contribution < 1.29 is 4.74 Å². The Morgan fingerprint density at radius 2 is 2.10 bits per heavy atom. The van der Waals surface area contributed by atoms with Crippen molar-refractivity contribution in [1.29, 1.82) is 0 Å². The maximum Gasteiger partial charge on any atom is 0.0505 e. The van der Waals surface area contributed by atoms with E-state index in [9.17, 15) is 0 Å². The lowest BCUT2D eigenvalue weighted by Crippen LogP contribution is -2.10. The lowest BCUT2D eigenvalue weighted by atomic mass is 10.1. The molecule has 0 aliphatic rings. The topological polar surface area (TPSA) is 9.23 Å². The van der Waals surface area contributed by atoms with Gasteiger partial charge in [-0.2, -0.15) is 0 Å². The molecule has 0 heterocycles. The van der Waals surface area contributed by atoms with Crippen LogP contribution in [-0.4, -0.2) is 19.1 Å². The molecule has 1 atom stereocenters. The SMILES string of the molecule is CCCC(CCl)COCC. The van der Waals surface area contributed by atoms with Crippen LogP contribution >= 0.6 is 11.6 Å². The summed E-state index contributed by atoms with van der Waals surface area (Å²) in [6, 6.07) is 0. The van der Waals surface area contributed by atoms with Crippen LogP contribution in [0.5, 0.6) is 0 Å². The second-order valence-electron chi connectivity index (χ2n) is 2.47. The maximum atomic E-state index is 5.70. The van der Waals surface area contributed by atoms with E-state index in [2.05, 4.69) is 6.92 Å². The van der Waals surface area contributed by atoms with Crippen LogP contribution < -0.4 is 0 Å². The number of hydrogen-bond acceptors (Lipinski definition) is 1. The van der Waals surface area contributed by atoms with Gasteiger partial charge in [0.05, 0.1) is 6.61 Å². The van der Waals surface area contributed by atoms with Gasteiger partial charge in [-0.3, -0.25) is 0 Å².